The lowest BCUT2D eigenvalue weighted by atomic mass is 10.2. The molecule has 0 saturated heterocycles. The van der Waals surface area contributed by atoms with E-state index in [0.29, 0.717) is 24.5 Å². The molecule has 1 aromatic heterocycles. The van der Waals surface area contributed by atoms with E-state index in [2.05, 4.69) is 15.6 Å². The number of hydrogen-bond acceptors (Lipinski definition) is 4. The topological polar surface area (TPSA) is 57.3 Å². The SMILES string of the molecule is CNCCN(C)C(=O)c1cccnc1Nc1ccccc1F. The van der Waals surface area contributed by atoms with Crippen molar-refractivity contribution in [3.8, 4) is 0 Å². The van der Waals surface area contributed by atoms with Gasteiger partial charge in [0.15, 0.2) is 0 Å². The fraction of sp³-hybridized carbons (Fsp3) is 0.250. The zero-order valence-corrected chi connectivity index (χ0v) is 12.6. The summed E-state index contributed by atoms with van der Waals surface area (Å²) in [6.45, 7) is 1.27. The van der Waals surface area contributed by atoms with Crippen LogP contribution in [0.15, 0.2) is 42.6 Å². The number of halogens is 1. The van der Waals surface area contributed by atoms with Crippen LogP contribution in [0.25, 0.3) is 0 Å². The Labute approximate surface area is 129 Å². The Morgan fingerprint density at radius 1 is 1.27 bits per heavy atom. The van der Waals surface area contributed by atoms with Gasteiger partial charge in [-0.2, -0.15) is 0 Å². The Morgan fingerprint density at radius 2 is 2.05 bits per heavy atom. The Balaban J connectivity index is 2.23. The quantitative estimate of drug-likeness (QED) is 0.859. The highest BCUT2D eigenvalue weighted by Crippen LogP contribution is 2.21. The summed E-state index contributed by atoms with van der Waals surface area (Å²) in [5.41, 5.74) is 0.692. The summed E-state index contributed by atoms with van der Waals surface area (Å²) in [4.78, 5) is 18.2. The van der Waals surface area contributed by atoms with Crippen molar-refractivity contribution in [3.63, 3.8) is 0 Å². The Hall–Kier alpha value is -2.47. The van der Waals surface area contributed by atoms with Crippen LogP contribution in [0, 0.1) is 5.82 Å². The van der Waals surface area contributed by atoms with E-state index in [1.807, 2.05) is 7.05 Å². The third-order valence-electron chi connectivity index (χ3n) is 3.21. The number of nitrogens with one attached hydrogen (secondary N) is 2. The van der Waals surface area contributed by atoms with Crippen LogP contribution in [0.4, 0.5) is 15.9 Å². The predicted octanol–water partition coefficient (Wildman–Crippen LogP) is 2.26. The number of para-hydroxylation sites is 1. The van der Waals surface area contributed by atoms with E-state index < -0.39 is 5.82 Å². The van der Waals surface area contributed by atoms with Gasteiger partial charge in [-0.15, -0.1) is 0 Å². The summed E-state index contributed by atoms with van der Waals surface area (Å²) in [6.07, 6.45) is 1.56. The van der Waals surface area contributed by atoms with Crippen molar-refractivity contribution in [2.24, 2.45) is 0 Å². The lowest BCUT2D eigenvalue weighted by Gasteiger charge is -2.19. The van der Waals surface area contributed by atoms with Crippen LogP contribution in [-0.4, -0.2) is 43.0 Å². The second-order valence-electron chi connectivity index (χ2n) is 4.83. The third kappa shape index (κ3) is 3.79. The first-order chi connectivity index (χ1) is 10.6. The first-order valence-electron chi connectivity index (χ1n) is 7.00. The lowest BCUT2D eigenvalue weighted by Crippen LogP contribution is -2.33. The van der Waals surface area contributed by atoms with Crippen molar-refractivity contribution in [2.75, 3.05) is 32.5 Å². The number of aromatic nitrogens is 1. The number of pyridine rings is 1. The van der Waals surface area contributed by atoms with Crippen molar-refractivity contribution in [2.45, 2.75) is 0 Å². The van der Waals surface area contributed by atoms with Crippen LogP contribution in [0.3, 0.4) is 0 Å². The number of amides is 1. The molecule has 0 aliphatic carbocycles. The number of rotatable bonds is 6. The molecule has 0 bridgehead atoms. The number of carbonyl (C=O) groups excluding carboxylic acids is 1. The summed E-state index contributed by atoms with van der Waals surface area (Å²) in [5.74, 6) is -0.216. The van der Waals surface area contributed by atoms with Gasteiger partial charge in [0.1, 0.15) is 11.6 Å². The van der Waals surface area contributed by atoms with Gasteiger partial charge in [0, 0.05) is 26.3 Å². The summed E-state index contributed by atoms with van der Waals surface area (Å²) in [7, 11) is 3.55. The number of anilines is 2. The molecule has 0 radical (unpaired) electrons. The van der Waals surface area contributed by atoms with E-state index in [9.17, 15) is 9.18 Å². The highest BCUT2D eigenvalue weighted by Gasteiger charge is 2.17. The molecule has 0 atom stereocenters. The summed E-state index contributed by atoms with van der Waals surface area (Å²) >= 11 is 0. The maximum absolute atomic E-state index is 13.7. The molecule has 6 heteroatoms. The molecule has 1 aromatic carbocycles. The standard InChI is InChI=1S/C16H19FN4O/c1-18-10-11-21(2)16(22)12-6-5-9-19-15(12)20-14-8-4-3-7-13(14)17/h3-9,18H,10-11H2,1-2H3,(H,19,20). The Bertz CT molecular complexity index is 648. The van der Waals surface area contributed by atoms with Crippen molar-refractivity contribution in [3.05, 3.63) is 54.0 Å². The largest absolute Gasteiger partial charge is 0.340 e. The summed E-state index contributed by atoms with van der Waals surface area (Å²) in [6, 6.07) is 9.64. The molecule has 5 nitrogen and oxygen atoms in total. The minimum absolute atomic E-state index is 0.165. The number of hydrogen-bond donors (Lipinski definition) is 2. The Morgan fingerprint density at radius 3 is 2.77 bits per heavy atom. The van der Waals surface area contributed by atoms with E-state index in [1.54, 1.807) is 48.5 Å². The number of nitrogens with zero attached hydrogens (tertiary/aromatic N) is 2. The minimum Gasteiger partial charge on any atom is -0.340 e. The number of carbonyl (C=O) groups is 1. The van der Waals surface area contributed by atoms with Gasteiger partial charge in [0.05, 0.1) is 11.3 Å². The minimum atomic E-state index is -0.393. The normalized spacial score (nSPS) is 10.3. The molecule has 2 rings (SSSR count). The molecule has 116 valence electrons. The monoisotopic (exact) mass is 302 g/mol. The third-order valence-corrected chi connectivity index (χ3v) is 3.21. The molecule has 0 fully saturated rings. The van der Waals surface area contributed by atoms with Gasteiger partial charge in [0.2, 0.25) is 0 Å². The summed E-state index contributed by atoms with van der Waals surface area (Å²) < 4.78 is 13.7. The number of likely N-dealkylation sites (N-methyl/N-ethyl adjacent to an activating group) is 2. The van der Waals surface area contributed by atoms with Gasteiger partial charge in [-0.25, -0.2) is 9.37 Å². The molecule has 0 aliphatic rings. The highest BCUT2D eigenvalue weighted by molar-refractivity contribution is 5.99. The molecular weight excluding hydrogens is 283 g/mol. The predicted molar refractivity (Wildman–Crippen MR) is 84.8 cm³/mol. The van der Waals surface area contributed by atoms with Crippen LogP contribution in [-0.2, 0) is 0 Å². The zero-order valence-electron chi connectivity index (χ0n) is 12.6. The fourth-order valence-electron chi connectivity index (χ4n) is 1.95. The first kappa shape index (κ1) is 15.9. The molecular formula is C16H19FN4O. The van der Waals surface area contributed by atoms with Crippen LogP contribution < -0.4 is 10.6 Å². The van der Waals surface area contributed by atoms with Gasteiger partial charge in [0.25, 0.3) is 5.91 Å². The molecule has 1 amide bonds. The van der Waals surface area contributed by atoms with E-state index in [0.717, 1.165) is 0 Å². The molecule has 0 aliphatic heterocycles. The molecule has 22 heavy (non-hydrogen) atoms. The molecule has 1 heterocycles. The second kappa shape index (κ2) is 7.51. The van der Waals surface area contributed by atoms with E-state index in [1.165, 1.54) is 6.07 Å². The second-order valence-corrected chi connectivity index (χ2v) is 4.83. The molecule has 2 aromatic rings. The van der Waals surface area contributed by atoms with Crippen LogP contribution in [0.5, 0.6) is 0 Å². The van der Waals surface area contributed by atoms with Crippen LogP contribution in [0.2, 0.25) is 0 Å². The lowest BCUT2D eigenvalue weighted by molar-refractivity contribution is 0.0797. The van der Waals surface area contributed by atoms with Gasteiger partial charge >= 0.3 is 0 Å². The van der Waals surface area contributed by atoms with Crippen molar-refractivity contribution in [1.29, 1.82) is 0 Å². The van der Waals surface area contributed by atoms with Crippen molar-refractivity contribution >= 4 is 17.4 Å². The molecule has 2 N–H and O–H groups in total. The molecule has 0 unspecified atom stereocenters. The van der Waals surface area contributed by atoms with E-state index in [-0.39, 0.29) is 11.6 Å². The van der Waals surface area contributed by atoms with Gasteiger partial charge in [-0.05, 0) is 31.3 Å². The Kier molecular flexibility index (Phi) is 5.43. The zero-order chi connectivity index (χ0) is 15.9. The maximum Gasteiger partial charge on any atom is 0.257 e. The van der Waals surface area contributed by atoms with Gasteiger partial charge in [-0.1, -0.05) is 12.1 Å². The molecule has 0 spiro atoms. The average Bonchev–Trinajstić information content (AvgIpc) is 2.54. The fourth-order valence-corrected chi connectivity index (χ4v) is 1.95. The van der Waals surface area contributed by atoms with Gasteiger partial charge < -0.3 is 15.5 Å². The maximum atomic E-state index is 13.7. The van der Waals surface area contributed by atoms with Crippen LogP contribution in [0.1, 0.15) is 10.4 Å². The van der Waals surface area contributed by atoms with Crippen molar-refractivity contribution < 1.29 is 9.18 Å². The van der Waals surface area contributed by atoms with Crippen molar-refractivity contribution in [1.82, 2.24) is 15.2 Å². The van der Waals surface area contributed by atoms with Gasteiger partial charge in [-0.3, -0.25) is 4.79 Å². The van der Waals surface area contributed by atoms with E-state index in [4.69, 9.17) is 0 Å². The van der Waals surface area contributed by atoms with Crippen LogP contribution >= 0.6 is 0 Å². The highest BCUT2D eigenvalue weighted by atomic mass is 19.1. The summed E-state index contributed by atoms with van der Waals surface area (Å²) in [5, 5.41) is 5.88. The van der Waals surface area contributed by atoms with E-state index >= 15 is 0 Å². The molecule has 0 saturated carbocycles. The number of benzene rings is 1. The smallest absolute Gasteiger partial charge is 0.257 e. The first-order valence-corrected chi connectivity index (χ1v) is 7.00. The average molecular weight is 302 g/mol.